The van der Waals surface area contributed by atoms with E-state index in [1.807, 2.05) is 50.2 Å². The van der Waals surface area contributed by atoms with Gasteiger partial charge in [-0.3, -0.25) is 4.79 Å². The summed E-state index contributed by atoms with van der Waals surface area (Å²) >= 11 is 0. The summed E-state index contributed by atoms with van der Waals surface area (Å²) in [6, 6.07) is 11.4. The molecule has 138 valence electrons. The van der Waals surface area contributed by atoms with Crippen LogP contribution in [0.25, 0.3) is 0 Å². The zero-order chi connectivity index (χ0) is 18.3. The van der Waals surface area contributed by atoms with Crippen LogP contribution in [0.4, 0.5) is 0 Å². The van der Waals surface area contributed by atoms with Gasteiger partial charge in [0.05, 0.1) is 12.1 Å². The van der Waals surface area contributed by atoms with Crippen molar-refractivity contribution in [1.82, 2.24) is 4.90 Å². The van der Waals surface area contributed by atoms with Crippen LogP contribution < -0.4 is 4.74 Å². The van der Waals surface area contributed by atoms with Crippen LogP contribution in [0.1, 0.15) is 41.6 Å². The maximum atomic E-state index is 12.9. The summed E-state index contributed by atoms with van der Waals surface area (Å²) in [6.07, 6.45) is 2.12. The number of benzene rings is 1. The van der Waals surface area contributed by atoms with Crippen LogP contribution in [-0.4, -0.2) is 34.6 Å². The minimum absolute atomic E-state index is 0.0927. The Morgan fingerprint density at radius 1 is 1.35 bits per heavy atom. The van der Waals surface area contributed by atoms with Gasteiger partial charge in [-0.2, -0.15) is 0 Å². The molecule has 0 bridgehead atoms. The number of para-hydroxylation sites is 1. The predicted octanol–water partition coefficient (Wildman–Crippen LogP) is 3.40. The molecule has 1 aromatic carbocycles. The second-order valence-corrected chi connectivity index (χ2v) is 7.68. The molecule has 0 spiro atoms. The van der Waals surface area contributed by atoms with Crippen molar-refractivity contribution in [2.24, 2.45) is 11.8 Å². The molecule has 2 unspecified atom stereocenters. The number of aliphatic hydroxyl groups is 1. The molecular formula is C21H25NO4. The maximum Gasteiger partial charge on any atom is 0.289 e. The third kappa shape index (κ3) is 3.12. The number of hydrogen-bond acceptors (Lipinski definition) is 4. The van der Waals surface area contributed by atoms with E-state index >= 15 is 0 Å². The number of furan rings is 1. The van der Waals surface area contributed by atoms with Crippen LogP contribution in [0.2, 0.25) is 0 Å². The molecule has 2 aromatic rings. The second-order valence-electron chi connectivity index (χ2n) is 7.68. The number of carbonyl (C=O) groups is 1. The standard InChI is InChI=1S/C21H25NO4/c1-14-10-18(12-25-17-6-4-3-5-7-17)26-19(14)20(23)22-11-15(2)21(24,13-22)16-8-9-16/h3-7,10,15-16,24H,8-9,11-13H2,1-2H3. The number of carbonyl (C=O) groups excluding carboxylic acids is 1. The normalized spacial score (nSPS) is 25.5. The fraction of sp³-hybridized carbons (Fsp3) is 0.476. The van der Waals surface area contributed by atoms with Gasteiger partial charge in [-0.1, -0.05) is 25.1 Å². The van der Waals surface area contributed by atoms with Gasteiger partial charge in [-0.05, 0) is 43.9 Å². The fourth-order valence-electron chi connectivity index (χ4n) is 3.93. The lowest BCUT2D eigenvalue weighted by Gasteiger charge is -2.26. The molecule has 1 N–H and O–H groups in total. The summed E-state index contributed by atoms with van der Waals surface area (Å²) in [5, 5.41) is 10.9. The Bertz CT molecular complexity index is 796. The lowest BCUT2D eigenvalue weighted by Crippen LogP contribution is -2.40. The van der Waals surface area contributed by atoms with Crippen LogP contribution in [-0.2, 0) is 6.61 Å². The summed E-state index contributed by atoms with van der Waals surface area (Å²) in [4.78, 5) is 14.6. The van der Waals surface area contributed by atoms with Crippen molar-refractivity contribution in [3.8, 4) is 5.75 Å². The molecular weight excluding hydrogens is 330 g/mol. The molecule has 5 nitrogen and oxygen atoms in total. The van der Waals surface area contributed by atoms with Gasteiger partial charge in [0.25, 0.3) is 5.91 Å². The number of ether oxygens (including phenoxy) is 1. The first-order valence-corrected chi connectivity index (χ1v) is 9.26. The predicted molar refractivity (Wildman–Crippen MR) is 97.0 cm³/mol. The summed E-state index contributed by atoms with van der Waals surface area (Å²) in [6.45, 7) is 5.14. The first-order chi connectivity index (χ1) is 12.5. The summed E-state index contributed by atoms with van der Waals surface area (Å²) in [5.74, 6) is 2.02. The highest BCUT2D eigenvalue weighted by atomic mass is 16.5. The van der Waals surface area contributed by atoms with Crippen molar-refractivity contribution < 1.29 is 19.1 Å². The molecule has 2 atom stereocenters. The van der Waals surface area contributed by atoms with E-state index in [1.54, 1.807) is 4.90 Å². The number of rotatable bonds is 5. The number of β-amino-alcohol motifs (C(OH)–C–C–N with tert-alkyl or cyclic N) is 1. The smallest absolute Gasteiger partial charge is 0.289 e. The lowest BCUT2D eigenvalue weighted by atomic mass is 9.88. The summed E-state index contributed by atoms with van der Waals surface area (Å²) in [7, 11) is 0. The Morgan fingerprint density at radius 2 is 2.08 bits per heavy atom. The van der Waals surface area contributed by atoms with Crippen molar-refractivity contribution in [1.29, 1.82) is 0 Å². The van der Waals surface area contributed by atoms with Gasteiger partial charge < -0.3 is 19.2 Å². The Kier molecular flexibility index (Phi) is 4.27. The van der Waals surface area contributed by atoms with E-state index in [0.29, 0.717) is 30.5 Å². The minimum atomic E-state index is -0.741. The maximum absolute atomic E-state index is 12.9. The van der Waals surface area contributed by atoms with E-state index < -0.39 is 5.60 Å². The molecule has 1 aliphatic heterocycles. The van der Waals surface area contributed by atoms with E-state index in [0.717, 1.165) is 24.2 Å². The van der Waals surface area contributed by atoms with Gasteiger partial charge in [0.2, 0.25) is 0 Å². The topological polar surface area (TPSA) is 62.9 Å². The molecule has 4 rings (SSSR count). The van der Waals surface area contributed by atoms with Crippen LogP contribution in [0.3, 0.4) is 0 Å². The van der Waals surface area contributed by atoms with Crippen LogP contribution in [0.5, 0.6) is 5.75 Å². The van der Waals surface area contributed by atoms with E-state index in [9.17, 15) is 9.90 Å². The molecule has 0 radical (unpaired) electrons. The van der Waals surface area contributed by atoms with E-state index in [2.05, 4.69) is 0 Å². The van der Waals surface area contributed by atoms with Crippen molar-refractivity contribution in [3.05, 3.63) is 53.5 Å². The second kappa shape index (κ2) is 6.47. The summed E-state index contributed by atoms with van der Waals surface area (Å²) in [5.41, 5.74) is 0.0613. The zero-order valence-electron chi connectivity index (χ0n) is 15.3. The highest BCUT2D eigenvalue weighted by Gasteiger charge is 2.53. The summed E-state index contributed by atoms with van der Waals surface area (Å²) < 4.78 is 11.5. The average molecular weight is 355 g/mol. The SMILES string of the molecule is Cc1cc(COc2ccccc2)oc1C(=O)N1CC(C)C(O)(C2CC2)C1. The van der Waals surface area contributed by atoms with Gasteiger partial charge in [0.15, 0.2) is 5.76 Å². The van der Waals surface area contributed by atoms with E-state index in [4.69, 9.17) is 9.15 Å². The lowest BCUT2D eigenvalue weighted by molar-refractivity contribution is -0.00383. The first-order valence-electron chi connectivity index (χ1n) is 9.26. The van der Waals surface area contributed by atoms with Gasteiger partial charge in [-0.25, -0.2) is 0 Å². The molecule has 1 aliphatic carbocycles. The number of nitrogens with zero attached hydrogens (tertiary/aromatic N) is 1. The van der Waals surface area contributed by atoms with Gasteiger partial charge in [0.1, 0.15) is 18.1 Å². The Morgan fingerprint density at radius 3 is 2.77 bits per heavy atom. The fourth-order valence-corrected chi connectivity index (χ4v) is 3.93. The minimum Gasteiger partial charge on any atom is -0.486 e. The zero-order valence-corrected chi connectivity index (χ0v) is 15.3. The van der Waals surface area contributed by atoms with Crippen molar-refractivity contribution in [2.75, 3.05) is 13.1 Å². The largest absolute Gasteiger partial charge is 0.486 e. The van der Waals surface area contributed by atoms with Crippen LogP contribution in [0, 0.1) is 18.8 Å². The number of amides is 1. The quantitative estimate of drug-likeness (QED) is 0.893. The molecule has 1 saturated carbocycles. The third-order valence-corrected chi connectivity index (χ3v) is 5.65. The molecule has 1 amide bonds. The van der Waals surface area contributed by atoms with Gasteiger partial charge >= 0.3 is 0 Å². The Balaban J connectivity index is 1.44. The number of hydrogen-bond donors (Lipinski definition) is 1. The molecule has 2 fully saturated rings. The van der Waals surface area contributed by atoms with E-state index in [-0.39, 0.29) is 18.4 Å². The molecule has 26 heavy (non-hydrogen) atoms. The third-order valence-electron chi connectivity index (χ3n) is 5.65. The molecule has 2 aliphatic rings. The molecule has 5 heteroatoms. The van der Waals surface area contributed by atoms with Crippen molar-refractivity contribution >= 4 is 5.91 Å². The van der Waals surface area contributed by atoms with Crippen molar-refractivity contribution in [2.45, 2.75) is 38.9 Å². The number of likely N-dealkylation sites (tertiary alicyclic amines) is 1. The van der Waals surface area contributed by atoms with E-state index in [1.165, 1.54) is 0 Å². The first kappa shape index (κ1) is 17.2. The Hall–Kier alpha value is -2.27. The molecule has 2 heterocycles. The average Bonchev–Trinajstić information content (AvgIpc) is 3.37. The molecule has 1 saturated heterocycles. The van der Waals surface area contributed by atoms with Gasteiger partial charge in [0, 0.05) is 18.0 Å². The van der Waals surface area contributed by atoms with Gasteiger partial charge in [-0.15, -0.1) is 0 Å². The Labute approximate surface area is 153 Å². The number of aryl methyl sites for hydroxylation is 1. The van der Waals surface area contributed by atoms with Crippen LogP contribution >= 0.6 is 0 Å². The highest BCUT2D eigenvalue weighted by Crippen LogP contribution is 2.47. The van der Waals surface area contributed by atoms with Crippen LogP contribution in [0.15, 0.2) is 40.8 Å². The highest BCUT2D eigenvalue weighted by molar-refractivity contribution is 5.93. The molecule has 1 aromatic heterocycles. The monoisotopic (exact) mass is 355 g/mol. The van der Waals surface area contributed by atoms with Crippen molar-refractivity contribution in [3.63, 3.8) is 0 Å².